The van der Waals surface area contributed by atoms with Gasteiger partial charge in [0.25, 0.3) is 0 Å². The van der Waals surface area contributed by atoms with Crippen LogP contribution >= 0.6 is 11.3 Å². The lowest BCUT2D eigenvalue weighted by atomic mass is 10.1. The Morgan fingerprint density at radius 1 is 1.11 bits per heavy atom. The van der Waals surface area contributed by atoms with Gasteiger partial charge >= 0.3 is 5.97 Å². The maximum atomic E-state index is 12.6. The number of carbonyl (C=O) groups excluding carboxylic acids is 2. The van der Waals surface area contributed by atoms with Crippen molar-refractivity contribution < 1.29 is 18.5 Å². The summed E-state index contributed by atoms with van der Waals surface area (Å²) in [6.45, 7) is 4.20. The number of benzene rings is 1. The van der Waals surface area contributed by atoms with Crippen molar-refractivity contribution >= 4 is 33.9 Å². The molecule has 0 radical (unpaired) electrons. The van der Waals surface area contributed by atoms with Crippen LogP contribution in [-0.4, -0.2) is 33.4 Å². The lowest BCUT2D eigenvalue weighted by Gasteiger charge is -2.09. The third kappa shape index (κ3) is 4.31. The summed E-state index contributed by atoms with van der Waals surface area (Å²) in [5.41, 5.74) is 2.60. The number of esters is 1. The number of nitrogens with zero attached hydrogens (tertiary/aromatic N) is 1. The molecule has 2 aromatic heterocycles. The maximum Gasteiger partial charge on any atom is 0.339 e. The minimum absolute atomic E-state index is 0.222. The number of ether oxygens (including phenoxy) is 1. The van der Waals surface area contributed by atoms with E-state index >= 15 is 0 Å². The number of aromatic nitrogens is 1. The first-order valence-corrected chi connectivity index (χ1v) is 11.1. The van der Waals surface area contributed by atoms with E-state index in [1.54, 1.807) is 35.6 Å². The van der Waals surface area contributed by atoms with Crippen molar-refractivity contribution in [2.75, 3.05) is 12.9 Å². The molecule has 0 spiro atoms. The van der Waals surface area contributed by atoms with Gasteiger partial charge in [-0.15, -0.1) is 11.3 Å². The van der Waals surface area contributed by atoms with Crippen LogP contribution < -0.4 is 0 Å². The fourth-order valence-corrected chi connectivity index (χ4v) is 4.48. The zero-order chi connectivity index (χ0) is 20.3. The molecule has 5 nitrogen and oxygen atoms in total. The Morgan fingerprint density at radius 3 is 2.54 bits per heavy atom. The van der Waals surface area contributed by atoms with E-state index in [2.05, 4.69) is 10.6 Å². The minimum atomic E-state index is -1.32. The summed E-state index contributed by atoms with van der Waals surface area (Å²) in [6.07, 6.45) is 1.50. The smallest absolute Gasteiger partial charge is 0.339 e. The second kappa shape index (κ2) is 8.67. The number of hydrogen-bond donors (Lipinski definition) is 0. The van der Waals surface area contributed by atoms with Crippen LogP contribution in [0.25, 0.3) is 0 Å². The van der Waals surface area contributed by atoms with Gasteiger partial charge in [0.05, 0.1) is 27.8 Å². The molecular weight excluding hydrogens is 394 g/mol. The number of ketones is 1. The summed E-state index contributed by atoms with van der Waals surface area (Å²) < 4.78 is 19.1. The van der Waals surface area contributed by atoms with Crippen LogP contribution in [0.15, 0.2) is 52.7 Å². The highest BCUT2D eigenvalue weighted by Gasteiger charge is 2.20. The van der Waals surface area contributed by atoms with Gasteiger partial charge in [-0.1, -0.05) is 18.2 Å². The van der Waals surface area contributed by atoms with Crippen molar-refractivity contribution in [3.8, 4) is 0 Å². The highest BCUT2D eigenvalue weighted by Crippen LogP contribution is 2.20. The number of hydrogen-bond acceptors (Lipinski definition) is 5. The van der Waals surface area contributed by atoms with E-state index in [4.69, 9.17) is 4.74 Å². The summed E-state index contributed by atoms with van der Waals surface area (Å²) in [4.78, 5) is 26.6. The molecule has 1 aromatic carbocycles. The zero-order valence-corrected chi connectivity index (χ0v) is 17.6. The molecule has 0 amide bonds. The lowest BCUT2D eigenvalue weighted by Crippen LogP contribution is -2.16. The minimum Gasteiger partial charge on any atom is -0.454 e. The highest BCUT2D eigenvalue weighted by atomic mass is 32.2. The largest absolute Gasteiger partial charge is 0.454 e. The monoisotopic (exact) mass is 415 g/mol. The third-order valence-corrected chi connectivity index (χ3v) is 6.36. The Labute approximate surface area is 170 Å². The van der Waals surface area contributed by atoms with Crippen LogP contribution in [0.2, 0.25) is 0 Å². The van der Waals surface area contributed by atoms with Gasteiger partial charge in [-0.25, -0.2) is 4.79 Å². The molecule has 0 unspecified atom stereocenters. The summed E-state index contributed by atoms with van der Waals surface area (Å²) in [6, 6.07) is 12.4. The molecule has 0 fully saturated rings. The molecule has 2 heterocycles. The van der Waals surface area contributed by atoms with Crippen LogP contribution in [0, 0.1) is 13.8 Å². The quantitative estimate of drug-likeness (QED) is 0.432. The third-order valence-electron chi connectivity index (χ3n) is 4.52. The Balaban J connectivity index is 1.72. The average Bonchev–Trinajstić information content (AvgIpc) is 3.29. The first-order valence-electron chi connectivity index (χ1n) is 8.70. The van der Waals surface area contributed by atoms with Gasteiger partial charge in [-0.3, -0.25) is 9.00 Å². The van der Waals surface area contributed by atoms with Crippen LogP contribution in [0.3, 0.4) is 0 Å². The molecular formula is C21H21NO4S2. The van der Waals surface area contributed by atoms with E-state index in [1.807, 2.05) is 31.4 Å². The predicted molar refractivity (Wildman–Crippen MR) is 111 cm³/mol. The molecule has 28 heavy (non-hydrogen) atoms. The molecule has 0 aliphatic heterocycles. The molecule has 3 aromatic rings. The van der Waals surface area contributed by atoms with Gasteiger partial charge in [0.2, 0.25) is 5.78 Å². The first-order chi connectivity index (χ1) is 13.4. The summed E-state index contributed by atoms with van der Waals surface area (Å²) in [7, 11) is -1.32. The lowest BCUT2D eigenvalue weighted by molar-refractivity contribution is 0.0471. The Kier molecular flexibility index (Phi) is 6.26. The molecule has 0 aliphatic carbocycles. The van der Waals surface area contributed by atoms with E-state index in [0.717, 1.165) is 11.4 Å². The van der Waals surface area contributed by atoms with Crippen LogP contribution in [0.4, 0.5) is 0 Å². The van der Waals surface area contributed by atoms with Crippen LogP contribution in [-0.2, 0) is 22.1 Å². The Morgan fingerprint density at radius 2 is 1.86 bits per heavy atom. The number of Topliss-reactive ketones (excluding diaryl/α,β-unsaturated/α-hetero) is 1. The summed E-state index contributed by atoms with van der Waals surface area (Å²) >= 11 is 1.67. The molecule has 0 aliphatic rings. The maximum absolute atomic E-state index is 12.6. The van der Waals surface area contributed by atoms with E-state index in [-0.39, 0.29) is 18.0 Å². The molecule has 1 atom stereocenters. The van der Waals surface area contributed by atoms with E-state index in [0.29, 0.717) is 17.0 Å². The van der Waals surface area contributed by atoms with Crippen molar-refractivity contribution in [3.63, 3.8) is 0 Å². The van der Waals surface area contributed by atoms with Crippen LogP contribution in [0.1, 0.15) is 37.0 Å². The normalized spacial score (nSPS) is 12.0. The fourth-order valence-electron chi connectivity index (χ4n) is 3.06. The molecule has 0 bridgehead atoms. The van der Waals surface area contributed by atoms with Gasteiger partial charge in [0.1, 0.15) is 0 Å². The van der Waals surface area contributed by atoms with Gasteiger partial charge in [-0.2, -0.15) is 0 Å². The van der Waals surface area contributed by atoms with Crippen molar-refractivity contribution in [3.05, 3.63) is 75.2 Å². The SMILES string of the molecule is Cc1cc(C(=O)COC(=O)c2ccccc2[S@@](C)=O)c(C)n1Cc1cccs1. The molecule has 3 rings (SSSR count). The van der Waals surface area contributed by atoms with Gasteiger partial charge in [0.15, 0.2) is 6.61 Å². The number of thiophene rings is 1. The first kappa shape index (κ1) is 20.2. The van der Waals surface area contributed by atoms with Crippen molar-refractivity contribution in [1.29, 1.82) is 0 Å². The standard InChI is InChI=1S/C21H21NO4S2/c1-14-11-18(15(2)22(14)12-16-7-6-10-27-16)19(23)13-26-21(24)17-8-4-5-9-20(17)28(3)25/h4-11H,12-13H2,1-3H3/t28-/m1/s1. The number of rotatable bonds is 7. The summed E-state index contributed by atoms with van der Waals surface area (Å²) in [5, 5.41) is 2.02. The number of carbonyl (C=O) groups is 2. The molecule has 0 saturated carbocycles. The second-order valence-corrected chi connectivity index (χ2v) is 8.78. The van der Waals surface area contributed by atoms with Crippen molar-refractivity contribution in [1.82, 2.24) is 4.57 Å². The van der Waals surface area contributed by atoms with Crippen molar-refractivity contribution in [2.45, 2.75) is 25.3 Å². The zero-order valence-electron chi connectivity index (χ0n) is 15.9. The van der Waals surface area contributed by atoms with E-state index in [9.17, 15) is 13.8 Å². The van der Waals surface area contributed by atoms with E-state index < -0.39 is 16.8 Å². The fraction of sp³-hybridized carbons (Fsp3) is 0.238. The highest BCUT2D eigenvalue weighted by molar-refractivity contribution is 7.84. The van der Waals surface area contributed by atoms with E-state index in [1.165, 1.54) is 11.1 Å². The van der Waals surface area contributed by atoms with Gasteiger partial charge in [0, 0.05) is 28.1 Å². The molecule has 146 valence electrons. The van der Waals surface area contributed by atoms with Crippen LogP contribution in [0.5, 0.6) is 0 Å². The predicted octanol–water partition coefficient (Wildman–Crippen LogP) is 3.99. The molecule has 0 N–H and O–H groups in total. The Bertz CT molecular complexity index is 1030. The van der Waals surface area contributed by atoms with Crippen molar-refractivity contribution in [2.24, 2.45) is 0 Å². The summed E-state index contributed by atoms with van der Waals surface area (Å²) in [5.74, 6) is -0.902. The van der Waals surface area contributed by atoms with Gasteiger partial charge < -0.3 is 9.30 Å². The average molecular weight is 416 g/mol. The second-order valence-electron chi connectivity index (χ2n) is 6.40. The number of aryl methyl sites for hydroxylation is 1. The molecule has 7 heteroatoms. The Hall–Kier alpha value is -2.51. The molecule has 0 saturated heterocycles. The van der Waals surface area contributed by atoms with Gasteiger partial charge in [-0.05, 0) is 43.5 Å². The topological polar surface area (TPSA) is 65.4 Å².